The van der Waals surface area contributed by atoms with Crippen molar-refractivity contribution >= 4 is 6.29 Å². The topological polar surface area (TPSA) is 17.1 Å². The third kappa shape index (κ3) is 2.38. The maximum absolute atomic E-state index is 9.93. The maximum atomic E-state index is 9.93. The predicted molar refractivity (Wildman–Crippen MR) is 29.8 cm³/mol. The normalized spacial score (nSPS) is 11.3. The summed E-state index contributed by atoms with van der Waals surface area (Å²) in [6, 6.07) is 0. The Morgan fingerprint density at radius 2 is 2.00 bits per heavy atom. The van der Waals surface area contributed by atoms with Crippen molar-refractivity contribution < 1.29 is 4.79 Å². The molecule has 0 atom stereocenters. The molecule has 0 aliphatic carbocycles. The Kier molecular flexibility index (Phi) is 2.00. The van der Waals surface area contributed by atoms with Gasteiger partial charge in [0.15, 0.2) is 0 Å². The van der Waals surface area contributed by atoms with Crippen LogP contribution in [0.2, 0.25) is 0 Å². The summed E-state index contributed by atoms with van der Waals surface area (Å²) in [7, 11) is 0. The van der Waals surface area contributed by atoms with E-state index < -0.39 is 0 Å². The molecule has 0 aromatic rings. The summed E-state index contributed by atoms with van der Waals surface area (Å²) in [5.74, 6) is 0. The van der Waals surface area contributed by atoms with Crippen LogP contribution in [0.4, 0.5) is 0 Å². The van der Waals surface area contributed by atoms with Gasteiger partial charge in [0.25, 0.3) is 0 Å². The van der Waals surface area contributed by atoms with Gasteiger partial charge >= 0.3 is 0 Å². The van der Waals surface area contributed by atoms with E-state index >= 15 is 0 Å². The molecule has 0 aromatic heterocycles. The molecule has 0 bridgehead atoms. The first-order valence-corrected chi connectivity index (χ1v) is 2.51. The Balaban J connectivity index is 3.58. The van der Waals surface area contributed by atoms with Crippen LogP contribution in [-0.4, -0.2) is 6.29 Å². The second-order valence-electron chi connectivity index (χ2n) is 2.34. The highest BCUT2D eigenvalue weighted by atomic mass is 16.1. The predicted octanol–water partition coefficient (Wildman–Crippen LogP) is 1.53. The molecular weight excluding hydrogens is 88.1 g/mol. The standard InChI is InChI=1S/C6H11O/c1-4-6(2,3)5-7/h4H2,1-3H3. The van der Waals surface area contributed by atoms with E-state index in [4.69, 9.17) is 0 Å². The number of rotatable bonds is 2. The molecule has 0 fully saturated rings. The van der Waals surface area contributed by atoms with E-state index in [9.17, 15) is 4.79 Å². The van der Waals surface area contributed by atoms with Crippen molar-refractivity contribution in [3.8, 4) is 0 Å². The molecule has 1 radical (unpaired) electrons. The van der Waals surface area contributed by atoms with E-state index in [1.54, 1.807) is 0 Å². The van der Waals surface area contributed by atoms with Gasteiger partial charge in [-0.25, -0.2) is 0 Å². The van der Waals surface area contributed by atoms with Crippen LogP contribution < -0.4 is 0 Å². The molecule has 0 aliphatic rings. The summed E-state index contributed by atoms with van der Waals surface area (Å²) in [6.45, 7) is 5.73. The van der Waals surface area contributed by atoms with Gasteiger partial charge in [-0.1, -0.05) is 20.8 Å². The minimum absolute atomic E-state index is 0.222. The van der Waals surface area contributed by atoms with Crippen molar-refractivity contribution in [1.82, 2.24) is 0 Å². The molecule has 0 rings (SSSR count). The van der Waals surface area contributed by atoms with E-state index in [2.05, 4.69) is 0 Å². The summed E-state index contributed by atoms with van der Waals surface area (Å²) in [5, 5.41) is 0. The smallest absolute Gasteiger partial charge is 0.204 e. The SMILES string of the molecule is CCC(C)(C)[C]=O. The molecule has 0 saturated heterocycles. The van der Waals surface area contributed by atoms with Crippen LogP contribution in [0.3, 0.4) is 0 Å². The molecule has 41 valence electrons. The lowest BCUT2D eigenvalue weighted by Crippen LogP contribution is -2.09. The monoisotopic (exact) mass is 99.1 g/mol. The van der Waals surface area contributed by atoms with Gasteiger partial charge in [-0.15, -0.1) is 0 Å². The van der Waals surface area contributed by atoms with Gasteiger partial charge in [-0.3, -0.25) is 4.79 Å². The van der Waals surface area contributed by atoms with Crippen LogP contribution in [0.25, 0.3) is 0 Å². The highest BCUT2D eigenvalue weighted by Gasteiger charge is 2.12. The third-order valence-corrected chi connectivity index (χ3v) is 1.16. The lowest BCUT2D eigenvalue weighted by molar-refractivity contribution is 0.439. The first-order valence-electron chi connectivity index (χ1n) is 2.51. The molecular formula is C6H11O. The Morgan fingerprint density at radius 1 is 1.57 bits per heavy atom. The summed E-state index contributed by atoms with van der Waals surface area (Å²) < 4.78 is 0. The minimum Gasteiger partial charge on any atom is -0.290 e. The highest BCUT2D eigenvalue weighted by molar-refractivity contribution is 5.58. The third-order valence-electron chi connectivity index (χ3n) is 1.16. The largest absolute Gasteiger partial charge is 0.290 e. The fraction of sp³-hybridized carbons (Fsp3) is 0.833. The van der Waals surface area contributed by atoms with Crippen LogP contribution in [0.5, 0.6) is 0 Å². The van der Waals surface area contributed by atoms with E-state index in [1.165, 1.54) is 0 Å². The van der Waals surface area contributed by atoms with Crippen LogP contribution in [0, 0.1) is 5.41 Å². The Hall–Kier alpha value is -0.330. The first kappa shape index (κ1) is 6.67. The molecule has 0 amide bonds. The highest BCUT2D eigenvalue weighted by Crippen LogP contribution is 2.14. The van der Waals surface area contributed by atoms with Crippen molar-refractivity contribution in [2.45, 2.75) is 27.2 Å². The number of hydrogen-bond donors (Lipinski definition) is 0. The summed E-state index contributed by atoms with van der Waals surface area (Å²) in [4.78, 5) is 9.93. The second kappa shape index (κ2) is 2.10. The molecule has 0 spiro atoms. The molecule has 0 aliphatic heterocycles. The van der Waals surface area contributed by atoms with Crippen molar-refractivity contribution in [1.29, 1.82) is 0 Å². The van der Waals surface area contributed by atoms with Gasteiger partial charge in [0.05, 0.1) is 0 Å². The molecule has 0 heterocycles. The zero-order valence-corrected chi connectivity index (χ0v) is 5.12. The van der Waals surface area contributed by atoms with Crippen molar-refractivity contribution in [2.75, 3.05) is 0 Å². The molecule has 1 heteroatoms. The van der Waals surface area contributed by atoms with Gasteiger partial charge in [-0.2, -0.15) is 0 Å². The van der Waals surface area contributed by atoms with Crippen LogP contribution in [0.15, 0.2) is 0 Å². The zero-order chi connectivity index (χ0) is 5.91. The first-order chi connectivity index (χ1) is 3.12. The van der Waals surface area contributed by atoms with E-state index in [0.29, 0.717) is 0 Å². The van der Waals surface area contributed by atoms with Crippen LogP contribution >= 0.6 is 0 Å². The average Bonchev–Trinajstić information content (AvgIpc) is 1.68. The van der Waals surface area contributed by atoms with E-state index in [0.717, 1.165) is 6.42 Å². The van der Waals surface area contributed by atoms with Gasteiger partial charge in [0.1, 0.15) is 0 Å². The Labute approximate surface area is 44.7 Å². The summed E-state index contributed by atoms with van der Waals surface area (Å²) in [5.41, 5.74) is -0.222. The van der Waals surface area contributed by atoms with Crippen molar-refractivity contribution in [3.05, 3.63) is 0 Å². The molecule has 0 N–H and O–H groups in total. The average molecular weight is 99.2 g/mol. The molecule has 0 unspecified atom stereocenters. The van der Waals surface area contributed by atoms with E-state index in [1.807, 2.05) is 27.1 Å². The maximum Gasteiger partial charge on any atom is 0.204 e. The second-order valence-corrected chi connectivity index (χ2v) is 2.34. The van der Waals surface area contributed by atoms with Gasteiger partial charge in [0.2, 0.25) is 6.29 Å². The lowest BCUT2D eigenvalue weighted by atomic mass is 9.93. The van der Waals surface area contributed by atoms with E-state index in [-0.39, 0.29) is 5.41 Å². The Bertz CT molecular complexity index is 64.6. The zero-order valence-electron chi connectivity index (χ0n) is 5.12. The molecule has 1 nitrogen and oxygen atoms in total. The van der Waals surface area contributed by atoms with Crippen molar-refractivity contribution in [2.24, 2.45) is 5.41 Å². The molecule has 0 aromatic carbocycles. The fourth-order valence-corrected chi connectivity index (χ4v) is 0.0722. The minimum atomic E-state index is -0.222. The van der Waals surface area contributed by atoms with Gasteiger partial charge < -0.3 is 0 Å². The van der Waals surface area contributed by atoms with Crippen molar-refractivity contribution in [3.63, 3.8) is 0 Å². The quantitative estimate of drug-likeness (QED) is 0.513. The lowest BCUT2D eigenvalue weighted by Gasteiger charge is -2.09. The van der Waals surface area contributed by atoms with Gasteiger partial charge in [-0.05, 0) is 6.42 Å². The van der Waals surface area contributed by atoms with Crippen LogP contribution in [-0.2, 0) is 4.79 Å². The fourth-order valence-electron chi connectivity index (χ4n) is 0.0722. The van der Waals surface area contributed by atoms with Gasteiger partial charge in [0, 0.05) is 5.41 Å². The summed E-state index contributed by atoms with van der Waals surface area (Å²) >= 11 is 0. The summed E-state index contributed by atoms with van der Waals surface area (Å²) in [6.07, 6.45) is 2.81. The Morgan fingerprint density at radius 3 is 2.00 bits per heavy atom. The molecule has 0 saturated carbocycles. The van der Waals surface area contributed by atoms with Crippen LogP contribution in [0.1, 0.15) is 27.2 Å². The molecule has 7 heavy (non-hydrogen) atoms. The number of hydrogen-bond acceptors (Lipinski definition) is 1. The number of carbonyl (C=O) groups excluding carboxylic acids is 1.